The van der Waals surface area contributed by atoms with Crippen molar-refractivity contribution in [1.82, 2.24) is 4.31 Å². The van der Waals surface area contributed by atoms with Gasteiger partial charge in [0.1, 0.15) is 5.75 Å². The van der Waals surface area contributed by atoms with Crippen LogP contribution in [0.2, 0.25) is 0 Å². The Morgan fingerprint density at radius 3 is 2.60 bits per heavy atom. The molecule has 1 heterocycles. The summed E-state index contributed by atoms with van der Waals surface area (Å²) in [5, 5.41) is 11.0. The van der Waals surface area contributed by atoms with Crippen LogP contribution in [0.25, 0.3) is 0 Å². The lowest BCUT2D eigenvalue weighted by Crippen LogP contribution is -2.46. The fourth-order valence-corrected chi connectivity index (χ4v) is 3.92. The minimum Gasteiger partial charge on any atom is -0.548 e. The standard InChI is InChI=1S/C13H17NO5S/c1-2-19-10-5-7-11(8-6-10)20(17,18)14-9-3-4-12(14)13(15)16/h5-8,12H,2-4,9H2,1H3,(H,15,16)/p-1/t12-/m0/s1. The van der Waals surface area contributed by atoms with Crippen molar-refractivity contribution in [3.8, 4) is 5.75 Å². The number of hydrogen-bond acceptors (Lipinski definition) is 5. The van der Waals surface area contributed by atoms with Crippen LogP contribution in [0.15, 0.2) is 29.2 Å². The van der Waals surface area contributed by atoms with Gasteiger partial charge < -0.3 is 14.6 Å². The summed E-state index contributed by atoms with van der Waals surface area (Å²) in [6, 6.07) is 4.88. The maximum Gasteiger partial charge on any atom is 0.243 e. The number of carboxylic acids is 1. The van der Waals surface area contributed by atoms with E-state index in [1.807, 2.05) is 6.92 Å². The third-order valence-corrected chi connectivity index (χ3v) is 5.14. The minimum atomic E-state index is -3.81. The first-order valence-electron chi connectivity index (χ1n) is 6.42. The quantitative estimate of drug-likeness (QED) is 0.763. The van der Waals surface area contributed by atoms with Crippen LogP contribution in [0, 0.1) is 0 Å². The van der Waals surface area contributed by atoms with E-state index < -0.39 is 22.0 Å². The molecule has 0 saturated carbocycles. The van der Waals surface area contributed by atoms with Crippen molar-refractivity contribution in [2.45, 2.75) is 30.7 Å². The number of hydrogen-bond donors (Lipinski definition) is 0. The van der Waals surface area contributed by atoms with Gasteiger partial charge in [-0.15, -0.1) is 0 Å². The van der Waals surface area contributed by atoms with Gasteiger partial charge in [0.25, 0.3) is 0 Å². The summed E-state index contributed by atoms with van der Waals surface area (Å²) in [5.41, 5.74) is 0. The highest BCUT2D eigenvalue weighted by Crippen LogP contribution is 2.26. The molecule has 0 N–H and O–H groups in total. The predicted octanol–water partition coefficient (Wildman–Crippen LogP) is -0.0117. The molecule has 20 heavy (non-hydrogen) atoms. The Labute approximate surface area is 118 Å². The zero-order chi connectivity index (χ0) is 14.8. The highest BCUT2D eigenvalue weighted by molar-refractivity contribution is 7.89. The molecule has 6 nitrogen and oxygen atoms in total. The lowest BCUT2D eigenvalue weighted by molar-refractivity contribution is -0.309. The smallest absolute Gasteiger partial charge is 0.243 e. The van der Waals surface area contributed by atoms with Crippen molar-refractivity contribution in [3.63, 3.8) is 0 Å². The first-order valence-corrected chi connectivity index (χ1v) is 7.86. The van der Waals surface area contributed by atoms with Gasteiger partial charge in [-0.2, -0.15) is 4.31 Å². The van der Waals surface area contributed by atoms with E-state index in [2.05, 4.69) is 0 Å². The molecule has 1 fully saturated rings. The molecule has 0 aromatic heterocycles. The number of nitrogens with zero attached hydrogens (tertiary/aromatic N) is 1. The number of carbonyl (C=O) groups is 1. The molecule has 0 spiro atoms. The largest absolute Gasteiger partial charge is 0.548 e. The summed E-state index contributed by atoms with van der Waals surface area (Å²) in [5.74, 6) is -0.777. The van der Waals surface area contributed by atoms with Gasteiger partial charge >= 0.3 is 0 Å². The number of sulfonamides is 1. The van der Waals surface area contributed by atoms with Crippen LogP contribution in [0.5, 0.6) is 5.75 Å². The summed E-state index contributed by atoms with van der Waals surface area (Å²) < 4.78 is 31.1. The van der Waals surface area contributed by atoms with Crippen molar-refractivity contribution in [2.24, 2.45) is 0 Å². The van der Waals surface area contributed by atoms with Crippen LogP contribution in [0.4, 0.5) is 0 Å². The molecular formula is C13H16NO5S-. The van der Waals surface area contributed by atoms with Crippen molar-refractivity contribution in [3.05, 3.63) is 24.3 Å². The monoisotopic (exact) mass is 298 g/mol. The summed E-state index contributed by atoms with van der Waals surface area (Å²) >= 11 is 0. The molecule has 2 rings (SSSR count). The lowest BCUT2D eigenvalue weighted by Gasteiger charge is -2.24. The highest BCUT2D eigenvalue weighted by atomic mass is 32.2. The maximum atomic E-state index is 12.4. The summed E-state index contributed by atoms with van der Waals surface area (Å²) in [7, 11) is -3.81. The van der Waals surface area contributed by atoms with Crippen LogP contribution in [-0.4, -0.2) is 37.9 Å². The number of aliphatic carboxylic acids is 1. The van der Waals surface area contributed by atoms with Crippen LogP contribution in [0.1, 0.15) is 19.8 Å². The number of ether oxygens (including phenoxy) is 1. The van der Waals surface area contributed by atoms with Gasteiger partial charge in [-0.05, 0) is 44.0 Å². The number of carbonyl (C=O) groups excluding carboxylic acids is 1. The van der Waals surface area contributed by atoms with Gasteiger partial charge in [-0.25, -0.2) is 8.42 Å². The molecular weight excluding hydrogens is 282 g/mol. The third-order valence-electron chi connectivity index (χ3n) is 3.22. The van der Waals surface area contributed by atoms with Crippen LogP contribution in [-0.2, 0) is 14.8 Å². The van der Waals surface area contributed by atoms with E-state index in [-0.39, 0.29) is 11.4 Å². The number of benzene rings is 1. The Bertz CT molecular complexity index is 581. The minimum absolute atomic E-state index is 0.0640. The van der Waals surface area contributed by atoms with Crippen molar-refractivity contribution in [1.29, 1.82) is 0 Å². The average molecular weight is 298 g/mol. The van der Waals surface area contributed by atoms with Crippen LogP contribution >= 0.6 is 0 Å². The molecule has 0 bridgehead atoms. The second-order valence-corrected chi connectivity index (χ2v) is 6.39. The van der Waals surface area contributed by atoms with Gasteiger partial charge in [-0.3, -0.25) is 0 Å². The Morgan fingerprint density at radius 1 is 1.40 bits per heavy atom. The first kappa shape index (κ1) is 14.8. The SMILES string of the molecule is CCOc1ccc(S(=O)(=O)N2CCC[C@H]2C(=O)[O-])cc1. The van der Waals surface area contributed by atoms with E-state index in [1.54, 1.807) is 12.1 Å². The van der Waals surface area contributed by atoms with Gasteiger partial charge in [0.15, 0.2) is 0 Å². The Hall–Kier alpha value is -1.60. The second-order valence-electron chi connectivity index (χ2n) is 4.50. The topological polar surface area (TPSA) is 86.7 Å². The van der Waals surface area contributed by atoms with E-state index >= 15 is 0 Å². The third kappa shape index (κ3) is 2.78. The van der Waals surface area contributed by atoms with E-state index in [9.17, 15) is 18.3 Å². The van der Waals surface area contributed by atoms with E-state index in [0.717, 1.165) is 4.31 Å². The zero-order valence-corrected chi connectivity index (χ0v) is 11.9. The van der Waals surface area contributed by atoms with Crippen molar-refractivity contribution in [2.75, 3.05) is 13.2 Å². The van der Waals surface area contributed by atoms with Crippen LogP contribution < -0.4 is 9.84 Å². The second kappa shape index (κ2) is 5.80. The molecule has 0 radical (unpaired) electrons. The Morgan fingerprint density at radius 2 is 2.05 bits per heavy atom. The Balaban J connectivity index is 2.27. The van der Waals surface area contributed by atoms with Crippen LogP contribution in [0.3, 0.4) is 0 Å². The summed E-state index contributed by atoms with van der Waals surface area (Å²) in [6.45, 7) is 2.53. The molecule has 1 aromatic carbocycles. The fourth-order valence-electron chi connectivity index (χ4n) is 2.27. The van der Waals surface area contributed by atoms with Gasteiger partial charge in [0.2, 0.25) is 10.0 Å². The highest BCUT2D eigenvalue weighted by Gasteiger charge is 2.35. The molecule has 1 atom stereocenters. The molecule has 110 valence electrons. The van der Waals surface area contributed by atoms with E-state index in [4.69, 9.17) is 4.74 Å². The molecule has 1 aliphatic heterocycles. The molecule has 1 saturated heterocycles. The van der Waals surface area contributed by atoms with Gasteiger partial charge in [0, 0.05) is 6.54 Å². The predicted molar refractivity (Wildman–Crippen MR) is 69.5 cm³/mol. The maximum absolute atomic E-state index is 12.4. The van der Waals surface area contributed by atoms with Gasteiger partial charge in [-0.1, -0.05) is 0 Å². The van der Waals surface area contributed by atoms with Gasteiger partial charge in [0.05, 0.1) is 23.5 Å². The normalized spacial score (nSPS) is 19.9. The number of rotatable bonds is 5. The van der Waals surface area contributed by atoms with Crippen molar-refractivity contribution < 1.29 is 23.1 Å². The molecule has 1 aliphatic rings. The average Bonchev–Trinajstić information content (AvgIpc) is 2.90. The molecule has 0 aliphatic carbocycles. The summed E-state index contributed by atoms with van der Waals surface area (Å²) in [6.07, 6.45) is 0.813. The molecule has 1 aromatic rings. The number of carboxylic acid groups (broad SMARTS) is 1. The summed E-state index contributed by atoms with van der Waals surface area (Å²) in [4.78, 5) is 11.1. The molecule has 0 amide bonds. The Kier molecular flexibility index (Phi) is 4.29. The fraction of sp³-hybridized carbons (Fsp3) is 0.462. The van der Waals surface area contributed by atoms with E-state index in [1.165, 1.54) is 12.1 Å². The zero-order valence-electron chi connectivity index (χ0n) is 11.1. The molecule has 7 heteroatoms. The first-order chi connectivity index (χ1) is 9.46. The molecule has 0 unspecified atom stereocenters. The lowest BCUT2D eigenvalue weighted by atomic mass is 10.2. The van der Waals surface area contributed by atoms with E-state index in [0.29, 0.717) is 25.2 Å². The van der Waals surface area contributed by atoms with Crippen molar-refractivity contribution >= 4 is 16.0 Å².